The van der Waals surface area contributed by atoms with Crippen LogP contribution in [0.2, 0.25) is 0 Å². The molecule has 0 saturated carbocycles. The molecule has 3 heteroatoms. The SMILES string of the molecule is COc1cccc(NC2CCc3cccnc32)c1. The van der Waals surface area contributed by atoms with Crippen molar-refractivity contribution < 1.29 is 4.74 Å². The minimum atomic E-state index is 0.313. The lowest BCUT2D eigenvalue weighted by Crippen LogP contribution is -2.08. The van der Waals surface area contributed by atoms with Gasteiger partial charge in [-0.1, -0.05) is 12.1 Å². The van der Waals surface area contributed by atoms with Crippen LogP contribution >= 0.6 is 0 Å². The van der Waals surface area contributed by atoms with Crippen molar-refractivity contribution in [3.05, 3.63) is 53.9 Å². The first-order valence-corrected chi connectivity index (χ1v) is 6.21. The third-order valence-electron chi connectivity index (χ3n) is 3.37. The second kappa shape index (κ2) is 4.69. The van der Waals surface area contributed by atoms with Crippen LogP contribution < -0.4 is 10.1 Å². The fraction of sp³-hybridized carbons (Fsp3) is 0.267. The Kier molecular flexibility index (Phi) is 2.89. The minimum absolute atomic E-state index is 0.313. The van der Waals surface area contributed by atoms with Gasteiger partial charge in [-0.2, -0.15) is 0 Å². The second-order valence-electron chi connectivity index (χ2n) is 4.52. The molecule has 1 aromatic carbocycles. The van der Waals surface area contributed by atoms with E-state index in [0.717, 1.165) is 24.3 Å². The maximum atomic E-state index is 5.23. The number of pyridine rings is 1. The number of aromatic nitrogens is 1. The molecule has 0 bridgehead atoms. The van der Waals surface area contributed by atoms with Gasteiger partial charge in [-0.25, -0.2) is 0 Å². The molecule has 1 aliphatic rings. The standard InChI is InChI=1S/C15H16N2O/c1-18-13-6-2-5-12(10-13)17-14-8-7-11-4-3-9-16-15(11)14/h2-6,9-10,14,17H,7-8H2,1H3. The van der Waals surface area contributed by atoms with E-state index >= 15 is 0 Å². The van der Waals surface area contributed by atoms with Crippen LogP contribution in [0.15, 0.2) is 42.6 Å². The summed E-state index contributed by atoms with van der Waals surface area (Å²) in [5.41, 5.74) is 3.62. The van der Waals surface area contributed by atoms with Gasteiger partial charge in [0, 0.05) is 18.0 Å². The number of methoxy groups -OCH3 is 1. The van der Waals surface area contributed by atoms with Crippen molar-refractivity contribution in [1.82, 2.24) is 4.98 Å². The molecule has 2 aromatic rings. The first-order chi connectivity index (χ1) is 8.86. The quantitative estimate of drug-likeness (QED) is 0.894. The van der Waals surface area contributed by atoms with Crippen molar-refractivity contribution in [3.8, 4) is 5.75 Å². The topological polar surface area (TPSA) is 34.1 Å². The highest BCUT2D eigenvalue weighted by Crippen LogP contribution is 2.32. The summed E-state index contributed by atoms with van der Waals surface area (Å²) >= 11 is 0. The molecular weight excluding hydrogens is 224 g/mol. The van der Waals surface area contributed by atoms with Crippen molar-refractivity contribution in [1.29, 1.82) is 0 Å². The van der Waals surface area contributed by atoms with Crippen LogP contribution in [0.25, 0.3) is 0 Å². The first-order valence-electron chi connectivity index (χ1n) is 6.21. The molecule has 1 aromatic heterocycles. The molecule has 0 amide bonds. The lowest BCUT2D eigenvalue weighted by Gasteiger charge is -2.15. The summed E-state index contributed by atoms with van der Waals surface area (Å²) in [5, 5.41) is 3.53. The first kappa shape index (κ1) is 11.1. The summed E-state index contributed by atoms with van der Waals surface area (Å²) in [5.74, 6) is 0.874. The molecule has 0 aliphatic heterocycles. The number of benzene rings is 1. The molecule has 0 spiro atoms. The lowest BCUT2D eigenvalue weighted by atomic mass is 10.2. The van der Waals surface area contributed by atoms with Gasteiger partial charge < -0.3 is 10.1 Å². The Bertz CT molecular complexity index is 554. The monoisotopic (exact) mass is 240 g/mol. The maximum absolute atomic E-state index is 5.23. The summed E-state index contributed by atoms with van der Waals surface area (Å²) in [7, 11) is 1.69. The Morgan fingerprint density at radius 2 is 2.22 bits per heavy atom. The Balaban J connectivity index is 1.82. The molecule has 0 fully saturated rings. The van der Waals surface area contributed by atoms with E-state index in [1.807, 2.05) is 30.5 Å². The van der Waals surface area contributed by atoms with Gasteiger partial charge >= 0.3 is 0 Å². The molecule has 18 heavy (non-hydrogen) atoms. The smallest absolute Gasteiger partial charge is 0.120 e. The zero-order valence-electron chi connectivity index (χ0n) is 10.4. The highest BCUT2D eigenvalue weighted by Gasteiger charge is 2.23. The van der Waals surface area contributed by atoms with Crippen LogP contribution in [-0.4, -0.2) is 12.1 Å². The van der Waals surface area contributed by atoms with Crippen LogP contribution in [0.5, 0.6) is 5.75 Å². The van der Waals surface area contributed by atoms with E-state index in [-0.39, 0.29) is 0 Å². The fourth-order valence-corrected chi connectivity index (χ4v) is 2.47. The van der Waals surface area contributed by atoms with E-state index in [4.69, 9.17) is 4.74 Å². The molecule has 0 saturated heterocycles. The van der Waals surface area contributed by atoms with E-state index in [0.29, 0.717) is 6.04 Å². The number of nitrogens with one attached hydrogen (secondary N) is 1. The van der Waals surface area contributed by atoms with Gasteiger partial charge in [-0.15, -0.1) is 0 Å². The van der Waals surface area contributed by atoms with Gasteiger partial charge in [0.25, 0.3) is 0 Å². The third kappa shape index (κ3) is 2.04. The van der Waals surface area contributed by atoms with Crippen molar-refractivity contribution in [2.75, 3.05) is 12.4 Å². The number of fused-ring (bicyclic) bond motifs is 1. The van der Waals surface area contributed by atoms with E-state index in [1.165, 1.54) is 11.3 Å². The van der Waals surface area contributed by atoms with Gasteiger partial charge in [0.2, 0.25) is 0 Å². The van der Waals surface area contributed by atoms with Crippen LogP contribution in [-0.2, 0) is 6.42 Å². The average Bonchev–Trinajstić information content (AvgIpc) is 2.83. The molecule has 1 atom stereocenters. The number of nitrogens with zero attached hydrogens (tertiary/aromatic N) is 1. The number of ether oxygens (including phenoxy) is 1. The molecule has 3 rings (SSSR count). The molecule has 92 valence electrons. The summed E-state index contributed by atoms with van der Waals surface area (Å²) < 4.78 is 5.23. The second-order valence-corrected chi connectivity index (χ2v) is 4.52. The fourth-order valence-electron chi connectivity index (χ4n) is 2.47. The van der Waals surface area contributed by atoms with Gasteiger partial charge in [0.15, 0.2) is 0 Å². The predicted molar refractivity (Wildman–Crippen MR) is 71.9 cm³/mol. The summed E-state index contributed by atoms with van der Waals surface area (Å²) in [6.45, 7) is 0. The summed E-state index contributed by atoms with van der Waals surface area (Å²) in [6.07, 6.45) is 4.07. The normalized spacial score (nSPS) is 17.3. The predicted octanol–water partition coefficient (Wildman–Crippen LogP) is 3.19. The number of hydrogen-bond donors (Lipinski definition) is 1. The van der Waals surface area contributed by atoms with Crippen LogP contribution in [0.4, 0.5) is 5.69 Å². The number of rotatable bonds is 3. The van der Waals surface area contributed by atoms with Gasteiger partial charge in [-0.05, 0) is 36.6 Å². The molecule has 3 nitrogen and oxygen atoms in total. The molecule has 1 unspecified atom stereocenters. The van der Waals surface area contributed by atoms with Gasteiger partial charge in [-0.3, -0.25) is 4.98 Å². The Morgan fingerprint density at radius 1 is 1.28 bits per heavy atom. The molecule has 1 N–H and O–H groups in total. The van der Waals surface area contributed by atoms with Crippen LogP contribution in [0.3, 0.4) is 0 Å². The van der Waals surface area contributed by atoms with Gasteiger partial charge in [0.1, 0.15) is 5.75 Å². The van der Waals surface area contributed by atoms with Crippen molar-refractivity contribution >= 4 is 5.69 Å². The minimum Gasteiger partial charge on any atom is -0.497 e. The van der Waals surface area contributed by atoms with E-state index in [1.54, 1.807) is 7.11 Å². The van der Waals surface area contributed by atoms with Gasteiger partial charge in [0.05, 0.1) is 18.8 Å². The molecule has 1 aliphatic carbocycles. The Labute approximate surface area is 107 Å². The van der Waals surface area contributed by atoms with Crippen LogP contribution in [0.1, 0.15) is 23.7 Å². The lowest BCUT2D eigenvalue weighted by molar-refractivity contribution is 0.415. The highest BCUT2D eigenvalue weighted by molar-refractivity contribution is 5.50. The summed E-state index contributed by atoms with van der Waals surface area (Å²) in [6, 6.07) is 12.5. The summed E-state index contributed by atoms with van der Waals surface area (Å²) in [4.78, 5) is 4.49. The van der Waals surface area contributed by atoms with Crippen molar-refractivity contribution in [2.45, 2.75) is 18.9 Å². The van der Waals surface area contributed by atoms with E-state index in [9.17, 15) is 0 Å². The largest absolute Gasteiger partial charge is 0.497 e. The average molecular weight is 240 g/mol. The molecule has 0 radical (unpaired) electrons. The number of aryl methyl sites for hydroxylation is 1. The number of hydrogen-bond acceptors (Lipinski definition) is 3. The Hall–Kier alpha value is -2.03. The van der Waals surface area contributed by atoms with E-state index < -0.39 is 0 Å². The number of anilines is 1. The highest BCUT2D eigenvalue weighted by atomic mass is 16.5. The van der Waals surface area contributed by atoms with Crippen molar-refractivity contribution in [2.24, 2.45) is 0 Å². The van der Waals surface area contributed by atoms with Crippen LogP contribution in [0, 0.1) is 0 Å². The Morgan fingerprint density at radius 3 is 3.11 bits per heavy atom. The maximum Gasteiger partial charge on any atom is 0.120 e. The van der Waals surface area contributed by atoms with E-state index in [2.05, 4.69) is 22.4 Å². The van der Waals surface area contributed by atoms with Crippen molar-refractivity contribution in [3.63, 3.8) is 0 Å². The molecular formula is C15H16N2O. The third-order valence-corrected chi connectivity index (χ3v) is 3.37. The molecule has 1 heterocycles. The zero-order chi connectivity index (χ0) is 12.4. The zero-order valence-corrected chi connectivity index (χ0v) is 10.4.